The van der Waals surface area contributed by atoms with Gasteiger partial charge in [-0.05, 0) is 18.6 Å². The summed E-state index contributed by atoms with van der Waals surface area (Å²) in [7, 11) is 3.50. The van der Waals surface area contributed by atoms with E-state index in [0.717, 1.165) is 16.7 Å². The molecule has 0 radical (unpaired) electrons. The first-order valence-electron chi connectivity index (χ1n) is 9.35. The summed E-state index contributed by atoms with van der Waals surface area (Å²) in [6.07, 6.45) is 6.48. The molecule has 1 amide bonds. The molecule has 0 aliphatic rings. The Morgan fingerprint density at radius 1 is 1.21 bits per heavy atom. The van der Waals surface area contributed by atoms with E-state index in [-0.39, 0.29) is 12.5 Å². The van der Waals surface area contributed by atoms with Gasteiger partial charge in [0.15, 0.2) is 0 Å². The van der Waals surface area contributed by atoms with Crippen LogP contribution in [0.1, 0.15) is 32.6 Å². The van der Waals surface area contributed by atoms with Gasteiger partial charge in [0, 0.05) is 51.2 Å². The van der Waals surface area contributed by atoms with Gasteiger partial charge in [0.1, 0.15) is 0 Å². The molecule has 2 heterocycles. The zero-order chi connectivity index (χ0) is 20.8. The molecule has 1 atom stereocenters. The Hall–Kier alpha value is -3.43. The van der Waals surface area contributed by atoms with Crippen molar-refractivity contribution < 1.29 is 9.90 Å². The Labute approximate surface area is 170 Å². The SMILES string of the molecule is Cc1cccc(C[C@H](O)CN(C)C(=O)c2cncc(C#Cc3cnn(C)c3)c2)c1. The molecule has 0 saturated heterocycles. The zero-order valence-corrected chi connectivity index (χ0v) is 16.8. The highest BCUT2D eigenvalue weighted by atomic mass is 16.3. The first kappa shape index (κ1) is 20.3. The van der Waals surface area contributed by atoms with Gasteiger partial charge in [-0.3, -0.25) is 14.5 Å². The maximum atomic E-state index is 12.7. The second kappa shape index (κ2) is 9.18. The third-order valence-corrected chi connectivity index (χ3v) is 4.43. The monoisotopic (exact) mass is 388 g/mol. The van der Waals surface area contributed by atoms with Gasteiger partial charge in [-0.15, -0.1) is 0 Å². The van der Waals surface area contributed by atoms with Gasteiger partial charge in [-0.25, -0.2) is 0 Å². The molecule has 148 valence electrons. The summed E-state index contributed by atoms with van der Waals surface area (Å²) in [6, 6.07) is 9.71. The summed E-state index contributed by atoms with van der Waals surface area (Å²) in [5.41, 5.74) is 4.07. The molecule has 3 aromatic rings. The maximum Gasteiger partial charge on any atom is 0.255 e. The van der Waals surface area contributed by atoms with Crippen LogP contribution in [0.5, 0.6) is 0 Å². The van der Waals surface area contributed by atoms with Crippen LogP contribution in [-0.2, 0) is 13.5 Å². The van der Waals surface area contributed by atoms with Crippen molar-refractivity contribution in [2.75, 3.05) is 13.6 Å². The topological polar surface area (TPSA) is 71.2 Å². The van der Waals surface area contributed by atoms with E-state index >= 15 is 0 Å². The number of amides is 1. The number of aromatic nitrogens is 3. The van der Waals surface area contributed by atoms with Gasteiger partial charge in [0.2, 0.25) is 0 Å². The Balaban J connectivity index is 1.64. The number of hydrogen-bond acceptors (Lipinski definition) is 4. The van der Waals surface area contributed by atoms with Crippen LogP contribution in [0, 0.1) is 18.8 Å². The third kappa shape index (κ3) is 5.77. The van der Waals surface area contributed by atoms with Crippen molar-refractivity contribution in [3.63, 3.8) is 0 Å². The standard InChI is InChI=1S/C23H24N4O2/c1-17-5-4-6-18(9-17)11-22(28)16-26(2)23(29)21-10-19(12-24-14-21)7-8-20-13-25-27(3)15-20/h4-6,9-10,12-15,22,28H,11,16H2,1-3H3/t22-/m0/s1. The molecule has 29 heavy (non-hydrogen) atoms. The van der Waals surface area contributed by atoms with Crippen LogP contribution in [0.15, 0.2) is 55.1 Å². The van der Waals surface area contributed by atoms with Gasteiger partial charge in [0.25, 0.3) is 5.91 Å². The van der Waals surface area contributed by atoms with Crippen molar-refractivity contribution in [1.82, 2.24) is 19.7 Å². The number of carbonyl (C=O) groups excluding carboxylic acids is 1. The van der Waals surface area contributed by atoms with E-state index in [1.807, 2.05) is 44.4 Å². The van der Waals surface area contributed by atoms with E-state index in [1.165, 1.54) is 11.1 Å². The van der Waals surface area contributed by atoms with Crippen molar-refractivity contribution in [1.29, 1.82) is 0 Å². The van der Waals surface area contributed by atoms with Crippen molar-refractivity contribution in [3.8, 4) is 11.8 Å². The number of carbonyl (C=O) groups is 1. The summed E-state index contributed by atoms with van der Waals surface area (Å²) >= 11 is 0. The van der Waals surface area contributed by atoms with E-state index < -0.39 is 6.10 Å². The van der Waals surface area contributed by atoms with E-state index in [2.05, 4.69) is 21.9 Å². The lowest BCUT2D eigenvalue weighted by Crippen LogP contribution is -2.35. The third-order valence-electron chi connectivity index (χ3n) is 4.43. The molecule has 0 aliphatic carbocycles. The van der Waals surface area contributed by atoms with Gasteiger partial charge in [-0.1, -0.05) is 41.7 Å². The largest absolute Gasteiger partial charge is 0.391 e. The summed E-state index contributed by atoms with van der Waals surface area (Å²) in [4.78, 5) is 18.4. The minimum Gasteiger partial charge on any atom is -0.391 e. The summed E-state index contributed by atoms with van der Waals surface area (Å²) < 4.78 is 1.68. The Morgan fingerprint density at radius 3 is 2.72 bits per heavy atom. The summed E-state index contributed by atoms with van der Waals surface area (Å²) in [6.45, 7) is 2.25. The fraction of sp³-hybridized carbons (Fsp3) is 0.261. The predicted molar refractivity (Wildman–Crippen MR) is 111 cm³/mol. The zero-order valence-electron chi connectivity index (χ0n) is 16.8. The summed E-state index contributed by atoms with van der Waals surface area (Å²) in [5.74, 6) is 5.80. The lowest BCUT2D eigenvalue weighted by molar-refractivity contribution is 0.0681. The van der Waals surface area contributed by atoms with Crippen LogP contribution < -0.4 is 0 Å². The van der Waals surface area contributed by atoms with Crippen LogP contribution in [0.2, 0.25) is 0 Å². The number of pyridine rings is 1. The highest BCUT2D eigenvalue weighted by Crippen LogP contribution is 2.10. The fourth-order valence-corrected chi connectivity index (χ4v) is 3.05. The first-order chi connectivity index (χ1) is 13.9. The second-order valence-corrected chi connectivity index (χ2v) is 7.15. The molecule has 6 heteroatoms. The predicted octanol–water partition coefficient (Wildman–Crippen LogP) is 2.20. The highest BCUT2D eigenvalue weighted by Gasteiger charge is 2.16. The van der Waals surface area contributed by atoms with Crippen molar-refractivity contribution in [2.45, 2.75) is 19.4 Å². The smallest absolute Gasteiger partial charge is 0.255 e. The van der Waals surface area contributed by atoms with Crippen LogP contribution in [0.4, 0.5) is 0 Å². The number of likely N-dealkylation sites (N-methyl/N-ethyl adjacent to an activating group) is 1. The molecule has 0 unspecified atom stereocenters. The van der Waals surface area contributed by atoms with Crippen LogP contribution in [0.25, 0.3) is 0 Å². The molecule has 2 aromatic heterocycles. The average Bonchev–Trinajstić information content (AvgIpc) is 3.11. The molecule has 1 N–H and O–H groups in total. The van der Waals surface area contributed by atoms with Crippen LogP contribution in [-0.4, -0.2) is 50.4 Å². The van der Waals surface area contributed by atoms with Crippen molar-refractivity contribution in [3.05, 3.63) is 82.9 Å². The maximum absolute atomic E-state index is 12.7. The fourth-order valence-electron chi connectivity index (χ4n) is 3.05. The molecule has 1 aromatic carbocycles. The first-order valence-corrected chi connectivity index (χ1v) is 9.35. The van der Waals surface area contributed by atoms with Gasteiger partial charge in [-0.2, -0.15) is 5.10 Å². The Morgan fingerprint density at radius 2 is 2.00 bits per heavy atom. The number of hydrogen-bond donors (Lipinski definition) is 1. The van der Waals surface area contributed by atoms with Gasteiger partial charge >= 0.3 is 0 Å². The molecule has 0 saturated carbocycles. The van der Waals surface area contributed by atoms with Crippen molar-refractivity contribution in [2.24, 2.45) is 7.05 Å². The second-order valence-electron chi connectivity index (χ2n) is 7.15. The van der Waals surface area contributed by atoms with Gasteiger partial charge < -0.3 is 10.0 Å². The quantitative estimate of drug-likeness (QED) is 0.680. The minimum absolute atomic E-state index is 0.203. The number of aliphatic hydroxyl groups is 1. The van der Waals surface area contributed by atoms with Crippen LogP contribution >= 0.6 is 0 Å². The van der Waals surface area contributed by atoms with Crippen LogP contribution in [0.3, 0.4) is 0 Å². The number of rotatable bonds is 5. The normalized spacial score (nSPS) is 11.4. The molecular weight excluding hydrogens is 364 g/mol. The minimum atomic E-state index is -0.646. The lowest BCUT2D eigenvalue weighted by Gasteiger charge is -2.21. The lowest BCUT2D eigenvalue weighted by atomic mass is 10.1. The van der Waals surface area contributed by atoms with Gasteiger partial charge in [0.05, 0.1) is 23.4 Å². The molecule has 3 rings (SSSR count). The number of aryl methyl sites for hydroxylation is 2. The van der Waals surface area contributed by atoms with E-state index in [0.29, 0.717) is 17.5 Å². The van der Waals surface area contributed by atoms with E-state index in [9.17, 15) is 9.90 Å². The highest BCUT2D eigenvalue weighted by molar-refractivity contribution is 5.94. The number of nitrogens with zero attached hydrogens (tertiary/aromatic N) is 4. The molecule has 0 fully saturated rings. The Bertz CT molecular complexity index is 1060. The number of benzene rings is 1. The molecule has 0 aliphatic heterocycles. The molecular formula is C23H24N4O2. The molecule has 6 nitrogen and oxygen atoms in total. The molecule has 0 bridgehead atoms. The summed E-state index contributed by atoms with van der Waals surface area (Å²) in [5, 5.41) is 14.5. The Kier molecular flexibility index (Phi) is 6.43. The van der Waals surface area contributed by atoms with E-state index in [4.69, 9.17) is 0 Å². The number of aliphatic hydroxyl groups excluding tert-OH is 1. The molecule has 0 spiro atoms. The van der Waals surface area contributed by atoms with E-state index in [1.54, 1.807) is 30.2 Å². The van der Waals surface area contributed by atoms with Crippen molar-refractivity contribution >= 4 is 5.91 Å². The average molecular weight is 388 g/mol.